The van der Waals surface area contributed by atoms with Crippen LogP contribution in [0.5, 0.6) is 0 Å². The fourth-order valence-electron chi connectivity index (χ4n) is 1.88. The van der Waals surface area contributed by atoms with Crippen molar-refractivity contribution < 1.29 is 0 Å². The van der Waals surface area contributed by atoms with E-state index in [0.717, 1.165) is 5.01 Å². The fourth-order valence-corrected chi connectivity index (χ4v) is 3.81. The molecule has 3 nitrogen and oxygen atoms in total. The minimum Gasteiger partial charge on any atom is -0.374 e. The highest BCUT2D eigenvalue weighted by molar-refractivity contribution is 7.99. The number of hydrogen-bond acceptors (Lipinski definition) is 5. The first-order chi connectivity index (χ1) is 9.83. The number of nitrogen functional groups attached to an aromatic ring is 1. The van der Waals surface area contributed by atoms with Crippen LogP contribution >= 0.6 is 23.1 Å². The summed E-state index contributed by atoms with van der Waals surface area (Å²) in [4.78, 5) is 1.20. The van der Waals surface area contributed by atoms with Crippen molar-refractivity contribution >= 4 is 28.2 Å². The SMILES string of the molecule is Nc1nnc(C(Sc2ccccc2)c2ccccc2)s1. The third-order valence-corrected chi connectivity index (χ3v) is 5.02. The predicted molar refractivity (Wildman–Crippen MR) is 84.9 cm³/mol. The van der Waals surface area contributed by atoms with Gasteiger partial charge in [0.2, 0.25) is 5.13 Å². The molecular weight excluding hydrogens is 286 g/mol. The van der Waals surface area contributed by atoms with Gasteiger partial charge >= 0.3 is 0 Å². The summed E-state index contributed by atoms with van der Waals surface area (Å²) in [5, 5.41) is 9.71. The summed E-state index contributed by atoms with van der Waals surface area (Å²) >= 11 is 3.21. The molecule has 0 saturated heterocycles. The van der Waals surface area contributed by atoms with E-state index in [2.05, 4.69) is 34.5 Å². The second-order valence-corrected chi connectivity index (χ2v) is 6.42. The molecule has 0 spiro atoms. The molecule has 2 aromatic carbocycles. The summed E-state index contributed by atoms with van der Waals surface area (Å²) in [5.41, 5.74) is 6.93. The molecule has 1 heterocycles. The Balaban J connectivity index is 1.96. The van der Waals surface area contributed by atoms with E-state index in [4.69, 9.17) is 5.73 Å². The summed E-state index contributed by atoms with van der Waals surface area (Å²) in [7, 11) is 0. The van der Waals surface area contributed by atoms with Crippen molar-refractivity contribution in [1.29, 1.82) is 0 Å². The quantitative estimate of drug-likeness (QED) is 0.740. The summed E-state index contributed by atoms with van der Waals surface area (Å²) in [6.45, 7) is 0. The maximum absolute atomic E-state index is 5.72. The molecule has 0 radical (unpaired) electrons. The molecule has 20 heavy (non-hydrogen) atoms. The minimum atomic E-state index is 0.119. The van der Waals surface area contributed by atoms with Crippen LogP contribution in [0.15, 0.2) is 65.6 Å². The number of nitrogens with zero attached hydrogens (tertiary/aromatic N) is 2. The zero-order chi connectivity index (χ0) is 13.8. The smallest absolute Gasteiger partial charge is 0.203 e. The molecule has 2 N–H and O–H groups in total. The van der Waals surface area contributed by atoms with E-state index in [0.29, 0.717) is 5.13 Å². The normalized spacial score (nSPS) is 12.2. The van der Waals surface area contributed by atoms with Crippen LogP contribution in [-0.4, -0.2) is 10.2 Å². The van der Waals surface area contributed by atoms with Gasteiger partial charge in [0.25, 0.3) is 0 Å². The molecule has 1 aromatic heterocycles. The van der Waals surface area contributed by atoms with Crippen LogP contribution in [0, 0.1) is 0 Å². The molecule has 0 aliphatic heterocycles. The molecule has 3 rings (SSSR count). The first-order valence-corrected chi connectivity index (χ1v) is 7.88. The fraction of sp³-hybridized carbons (Fsp3) is 0.0667. The van der Waals surface area contributed by atoms with Crippen molar-refractivity contribution in [2.75, 3.05) is 5.73 Å². The molecule has 0 aliphatic rings. The molecule has 1 unspecified atom stereocenters. The van der Waals surface area contributed by atoms with Crippen LogP contribution in [0.2, 0.25) is 0 Å². The van der Waals surface area contributed by atoms with Gasteiger partial charge in [0.05, 0.1) is 5.25 Å². The van der Waals surface area contributed by atoms with Gasteiger partial charge in [-0.05, 0) is 17.7 Å². The predicted octanol–water partition coefficient (Wildman–Crippen LogP) is 4.00. The van der Waals surface area contributed by atoms with Crippen molar-refractivity contribution in [2.24, 2.45) is 0 Å². The highest BCUT2D eigenvalue weighted by Gasteiger charge is 2.19. The van der Waals surface area contributed by atoms with Crippen LogP contribution in [-0.2, 0) is 0 Å². The molecular formula is C15H13N3S2. The summed E-state index contributed by atoms with van der Waals surface area (Å²) in [6, 6.07) is 20.6. The average Bonchev–Trinajstić information content (AvgIpc) is 2.93. The maximum Gasteiger partial charge on any atom is 0.203 e. The molecule has 0 amide bonds. The van der Waals surface area contributed by atoms with Gasteiger partial charge in [-0.15, -0.1) is 22.0 Å². The second kappa shape index (κ2) is 6.07. The highest BCUT2D eigenvalue weighted by Crippen LogP contribution is 2.41. The molecule has 3 aromatic rings. The Morgan fingerprint density at radius 3 is 2.15 bits per heavy atom. The molecule has 0 saturated carbocycles. The first-order valence-electron chi connectivity index (χ1n) is 6.18. The zero-order valence-corrected chi connectivity index (χ0v) is 12.3. The van der Waals surface area contributed by atoms with Gasteiger partial charge in [0.1, 0.15) is 5.01 Å². The lowest BCUT2D eigenvalue weighted by Gasteiger charge is -2.13. The Labute approximate surface area is 125 Å². The number of rotatable bonds is 4. The number of hydrogen-bond donors (Lipinski definition) is 1. The molecule has 100 valence electrons. The van der Waals surface area contributed by atoms with Crippen LogP contribution < -0.4 is 5.73 Å². The lowest BCUT2D eigenvalue weighted by Crippen LogP contribution is -1.96. The van der Waals surface area contributed by atoms with E-state index in [1.807, 2.05) is 36.4 Å². The van der Waals surface area contributed by atoms with E-state index in [-0.39, 0.29) is 5.25 Å². The topological polar surface area (TPSA) is 51.8 Å². The Hall–Kier alpha value is -1.85. The Morgan fingerprint density at radius 1 is 0.900 bits per heavy atom. The highest BCUT2D eigenvalue weighted by atomic mass is 32.2. The number of benzene rings is 2. The third-order valence-electron chi connectivity index (χ3n) is 2.78. The molecule has 0 fully saturated rings. The van der Waals surface area contributed by atoms with Gasteiger partial charge in [-0.3, -0.25) is 0 Å². The summed E-state index contributed by atoms with van der Waals surface area (Å²) in [6.07, 6.45) is 0. The molecule has 0 bridgehead atoms. The largest absolute Gasteiger partial charge is 0.374 e. The van der Waals surface area contributed by atoms with E-state index < -0.39 is 0 Å². The van der Waals surface area contributed by atoms with Gasteiger partial charge in [0, 0.05) is 4.90 Å². The van der Waals surface area contributed by atoms with E-state index in [1.165, 1.54) is 21.8 Å². The Kier molecular flexibility index (Phi) is 3.99. The second-order valence-electron chi connectivity index (χ2n) is 4.20. The number of anilines is 1. The minimum absolute atomic E-state index is 0.119. The van der Waals surface area contributed by atoms with Gasteiger partial charge in [-0.1, -0.05) is 59.9 Å². The van der Waals surface area contributed by atoms with Crippen LogP contribution in [0.25, 0.3) is 0 Å². The summed E-state index contributed by atoms with van der Waals surface area (Å²) in [5.74, 6) is 0. The van der Waals surface area contributed by atoms with Crippen molar-refractivity contribution in [2.45, 2.75) is 10.1 Å². The first kappa shape index (κ1) is 13.1. The number of thioether (sulfide) groups is 1. The van der Waals surface area contributed by atoms with Crippen molar-refractivity contribution in [3.05, 3.63) is 71.2 Å². The number of aromatic nitrogens is 2. The van der Waals surface area contributed by atoms with Crippen molar-refractivity contribution in [3.63, 3.8) is 0 Å². The van der Waals surface area contributed by atoms with Crippen LogP contribution in [0.4, 0.5) is 5.13 Å². The van der Waals surface area contributed by atoms with Crippen molar-refractivity contribution in [3.8, 4) is 0 Å². The van der Waals surface area contributed by atoms with E-state index >= 15 is 0 Å². The maximum atomic E-state index is 5.72. The van der Waals surface area contributed by atoms with Crippen LogP contribution in [0.1, 0.15) is 15.8 Å². The van der Waals surface area contributed by atoms with Crippen LogP contribution in [0.3, 0.4) is 0 Å². The number of nitrogens with two attached hydrogens (primary N) is 1. The Morgan fingerprint density at radius 2 is 1.55 bits per heavy atom. The Bertz CT molecular complexity index is 668. The standard InChI is InChI=1S/C15H13N3S2/c16-15-18-17-14(20-15)13(11-7-3-1-4-8-11)19-12-9-5-2-6-10-12/h1-10,13H,(H2,16,18). The van der Waals surface area contributed by atoms with Crippen molar-refractivity contribution in [1.82, 2.24) is 10.2 Å². The van der Waals surface area contributed by atoms with Gasteiger partial charge in [-0.25, -0.2) is 0 Å². The average molecular weight is 299 g/mol. The van der Waals surface area contributed by atoms with Gasteiger partial charge in [0.15, 0.2) is 0 Å². The lowest BCUT2D eigenvalue weighted by atomic mass is 10.1. The molecule has 0 aliphatic carbocycles. The third kappa shape index (κ3) is 3.00. The molecule has 5 heteroatoms. The summed E-state index contributed by atoms with van der Waals surface area (Å²) < 4.78 is 0. The zero-order valence-electron chi connectivity index (χ0n) is 10.6. The van der Waals surface area contributed by atoms with Gasteiger partial charge < -0.3 is 5.73 Å². The van der Waals surface area contributed by atoms with E-state index in [9.17, 15) is 0 Å². The lowest BCUT2D eigenvalue weighted by molar-refractivity contribution is 0.994. The molecule has 1 atom stereocenters. The monoisotopic (exact) mass is 299 g/mol. The van der Waals surface area contributed by atoms with Gasteiger partial charge in [-0.2, -0.15) is 0 Å². The van der Waals surface area contributed by atoms with E-state index in [1.54, 1.807) is 11.8 Å².